The number of hydrogen-bond acceptors (Lipinski definition) is 4. The Morgan fingerprint density at radius 3 is 2.12 bits per heavy atom. The summed E-state index contributed by atoms with van der Waals surface area (Å²) in [4.78, 5) is 13.8. The van der Waals surface area contributed by atoms with E-state index in [2.05, 4.69) is 26.1 Å². The molecule has 0 fully saturated rings. The van der Waals surface area contributed by atoms with E-state index in [0.717, 1.165) is 33.6 Å². The fraction of sp³-hybridized carbons (Fsp3) is 0.333. The molecule has 0 spiro atoms. The van der Waals surface area contributed by atoms with Crippen LogP contribution >= 0.6 is 0 Å². The maximum atomic E-state index is 13.8. The first-order chi connectivity index (χ1) is 19.3. The smallest absolute Gasteiger partial charge is 0.243 e. The van der Waals surface area contributed by atoms with Gasteiger partial charge in [-0.3, -0.25) is 4.79 Å². The van der Waals surface area contributed by atoms with Crippen molar-refractivity contribution in [3.63, 3.8) is 0 Å². The average molecular weight is 573 g/mol. The van der Waals surface area contributed by atoms with Crippen molar-refractivity contribution in [1.82, 2.24) is 14.1 Å². The Kier molecular flexibility index (Phi) is 8.85. The number of anilines is 1. The number of sulfonamides is 1. The molecule has 0 atom stereocenters. The van der Waals surface area contributed by atoms with Crippen molar-refractivity contribution in [2.75, 3.05) is 18.4 Å². The molecule has 4 aromatic rings. The summed E-state index contributed by atoms with van der Waals surface area (Å²) in [6.07, 6.45) is 0. The topological polar surface area (TPSA) is 84.3 Å². The molecule has 3 aromatic carbocycles. The van der Waals surface area contributed by atoms with Crippen LogP contribution in [0.25, 0.3) is 16.8 Å². The molecule has 1 amide bonds. The first kappa shape index (κ1) is 30.2. The van der Waals surface area contributed by atoms with Gasteiger partial charge in [-0.1, -0.05) is 95.3 Å². The zero-order chi connectivity index (χ0) is 29.9. The first-order valence-electron chi connectivity index (χ1n) is 13.9. The molecule has 41 heavy (non-hydrogen) atoms. The zero-order valence-electron chi connectivity index (χ0n) is 25.0. The highest BCUT2D eigenvalue weighted by molar-refractivity contribution is 7.89. The lowest BCUT2D eigenvalue weighted by atomic mass is 9.87. The lowest BCUT2D eigenvalue weighted by Gasteiger charge is -2.25. The molecule has 0 unspecified atom stereocenters. The van der Waals surface area contributed by atoms with Crippen molar-refractivity contribution in [3.05, 3.63) is 95.7 Å². The van der Waals surface area contributed by atoms with E-state index in [1.54, 1.807) is 16.8 Å². The normalized spacial score (nSPS) is 12.2. The monoisotopic (exact) mass is 572 g/mol. The number of nitrogens with zero attached hydrogens (tertiary/aromatic N) is 3. The molecule has 0 aliphatic heterocycles. The number of para-hydroxylation sites is 1. The van der Waals surface area contributed by atoms with Crippen LogP contribution in [-0.4, -0.2) is 41.5 Å². The Morgan fingerprint density at radius 1 is 0.927 bits per heavy atom. The van der Waals surface area contributed by atoms with Crippen molar-refractivity contribution >= 4 is 21.7 Å². The van der Waals surface area contributed by atoms with Gasteiger partial charge in [0, 0.05) is 12.1 Å². The van der Waals surface area contributed by atoms with Gasteiger partial charge in [0.25, 0.3) is 0 Å². The van der Waals surface area contributed by atoms with Crippen LogP contribution in [0.4, 0.5) is 5.82 Å². The second-order valence-corrected chi connectivity index (χ2v) is 13.8. The van der Waals surface area contributed by atoms with Gasteiger partial charge in [-0.05, 0) is 60.1 Å². The number of amides is 1. The summed E-state index contributed by atoms with van der Waals surface area (Å²) in [6, 6.07) is 24.5. The van der Waals surface area contributed by atoms with Crippen molar-refractivity contribution in [1.29, 1.82) is 0 Å². The molecular formula is C33H40N4O3S. The van der Waals surface area contributed by atoms with Crippen molar-refractivity contribution < 1.29 is 13.2 Å². The van der Waals surface area contributed by atoms with E-state index < -0.39 is 15.9 Å². The molecule has 1 heterocycles. The highest BCUT2D eigenvalue weighted by atomic mass is 32.2. The Labute approximate surface area is 244 Å². The molecule has 1 aromatic heterocycles. The molecule has 8 heteroatoms. The highest BCUT2D eigenvalue weighted by Gasteiger charge is 2.29. The third-order valence-electron chi connectivity index (χ3n) is 6.97. The largest absolute Gasteiger partial charge is 0.309 e. The predicted molar refractivity (Wildman–Crippen MR) is 166 cm³/mol. The summed E-state index contributed by atoms with van der Waals surface area (Å²) < 4.78 is 30.5. The van der Waals surface area contributed by atoms with Crippen LogP contribution in [0.5, 0.6) is 0 Å². The summed E-state index contributed by atoms with van der Waals surface area (Å²) in [5.74, 6) is 0.0860. The molecule has 0 aliphatic carbocycles. The minimum Gasteiger partial charge on any atom is -0.309 e. The van der Waals surface area contributed by atoms with E-state index in [-0.39, 0.29) is 29.3 Å². The second kappa shape index (κ2) is 12.0. The van der Waals surface area contributed by atoms with Crippen LogP contribution in [0, 0.1) is 19.8 Å². The van der Waals surface area contributed by atoms with Gasteiger partial charge in [-0.25, -0.2) is 13.1 Å². The molecule has 0 bridgehead atoms. The summed E-state index contributed by atoms with van der Waals surface area (Å²) in [6.45, 7) is 13.9. The summed E-state index contributed by atoms with van der Waals surface area (Å²) >= 11 is 0. The third kappa shape index (κ3) is 6.77. The number of carbonyl (C=O) groups is 1. The van der Waals surface area contributed by atoms with Gasteiger partial charge in [0.2, 0.25) is 15.9 Å². The standard InChI is InChI=1S/C33H40N4O3S/c1-23(2)21-36(41(39,40)28-19-17-27(18-20-28)33(5,6)7)22-30(38)34-32-31(26-14-9-8-10-15-26)25(4)35-37(32)29-16-12-11-13-24(29)3/h8-20,23H,21-22H2,1-7H3,(H,34,38). The molecule has 0 aliphatic rings. The molecule has 216 valence electrons. The van der Waals surface area contributed by atoms with Crippen LogP contribution in [0.2, 0.25) is 0 Å². The van der Waals surface area contributed by atoms with Gasteiger partial charge in [0.15, 0.2) is 0 Å². The van der Waals surface area contributed by atoms with Gasteiger partial charge >= 0.3 is 0 Å². The molecule has 0 radical (unpaired) electrons. The molecule has 1 N–H and O–H groups in total. The number of rotatable bonds is 9. The van der Waals surface area contributed by atoms with Crippen LogP contribution in [-0.2, 0) is 20.2 Å². The van der Waals surface area contributed by atoms with E-state index in [1.807, 2.05) is 94.4 Å². The Morgan fingerprint density at radius 2 is 1.54 bits per heavy atom. The van der Waals surface area contributed by atoms with Gasteiger partial charge in [0.05, 0.1) is 22.8 Å². The molecule has 0 saturated heterocycles. The number of benzene rings is 3. The number of nitrogens with one attached hydrogen (secondary N) is 1. The Bertz CT molecular complexity index is 1620. The van der Waals surface area contributed by atoms with E-state index >= 15 is 0 Å². The zero-order valence-corrected chi connectivity index (χ0v) is 25.8. The quantitative estimate of drug-likeness (QED) is 0.241. The molecular weight excluding hydrogens is 532 g/mol. The highest BCUT2D eigenvalue weighted by Crippen LogP contribution is 2.34. The van der Waals surface area contributed by atoms with E-state index in [0.29, 0.717) is 5.82 Å². The van der Waals surface area contributed by atoms with Gasteiger partial charge in [-0.15, -0.1) is 0 Å². The third-order valence-corrected chi connectivity index (χ3v) is 8.80. The number of hydrogen-bond donors (Lipinski definition) is 1. The lowest BCUT2D eigenvalue weighted by molar-refractivity contribution is -0.116. The first-order valence-corrected chi connectivity index (χ1v) is 15.3. The van der Waals surface area contributed by atoms with Crippen LogP contribution in [0.15, 0.2) is 83.8 Å². The summed E-state index contributed by atoms with van der Waals surface area (Å²) in [5, 5.41) is 7.83. The minimum absolute atomic E-state index is 0.0195. The van der Waals surface area contributed by atoms with Crippen LogP contribution < -0.4 is 5.32 Å². The van der Waals surface area contributed by atoms with Crippen LogP contribution in [0.1, 0.15) is 51.4 Å². The predicted octanol–water partition coefficient (Wildman–Crippen LogP) is 6.74. The maximum Gasteiger partial charge on any atom is 0.243 e. The number of aromatic nitrogens is 2. The fourth-order valence-electron chi connectivity index (χ4n) is 4.83. The van der Waals surface area contributed by atoms with Gasteiger partial charge in [-0.2, -0.15) is 9.40 Å². The van der Waals surface area contributed by atoms with E-state index in [1.165, 1.54) is 4.31 Å². The van der Waals surface area contributed by atoms with Gasteiger partial charge < -0.3 is 5.32 Å². The number of carbonyl (C=O) groups excluding carboxylic acids is 1. The second-order valence-electron chi connectivity index (χ2n) is 11.9. The van der Waals surface area contributed by atoms with Gasteiger partial charge in [0.1, 0.15) is 5.82 Å². The molecule has 4 rings (SSSR count). The lowest BCUT2D eigenvalue weighted by Crippen LogP contribution is -2.40. The SMILES string of the molecule is Cc1ccccc1-n1nc(C)c(-c2ccccc2)c1NC(=O)CN(CC(C)C)S(=O)(=O)c1ccc(C(C)(C)C)cc1. The maximum absolute atomic E-state index is 13.8. The van der Waals surface area contributed by atoms with Crippen LogP contribution in [0.3, 0.4) is 0 Å². The van der Waals surface area contributed by atoms with Crippen molar-refractivity contribution in [3.8, 4) is 16.8 Å². The summed E-state index contributed by atoms with van der Waals surface area (Å²) in [5.41, 5.74) is 5.21. The molecule has 7 nitrogen and oxygen atoms in total. The Balaban J connectivity index is 1.71. The fourth-order valence-corrected chi connectivity index (χ4v) is 6.39. The Hall–Kier alpha value is -3.75. The summed E-state index contributed by atoms with van der Waals surface area (Å²) in [7, 11) is -3.92. The van der Waals surface area contributed by atoms with E-state index in [4.69, 9.17) is 5.10 Å². The minimum atomic E-state index is -3.92. The average Bonchev–Trinajstić information content (AvgIpc) is 3.23. The molecule has 0 saturated carbocycles. The van der Waals surface area contributed by atoms with Crippen molar-refractivity contribution in [2.45, 2.75) is 58.8 Å². The number of aryl methyl sites for hydroxylation is 2. The van der Waals surface area contributed by atoms with E-state index in [9.17, 15) is 13.2 Å². The van der Waals surface area contributed by atoms with Crippen molar-refractivity contribution in [2.24, 2.45) is 5.92 Å².